The van der Waals surface area contributed by atoms with E-state index in [-0.39, 0.29) is 136 Å². The zero-order valence-corrected chi connectivity index (χ0v) is 53.2. The molecule has 1 fully saturated rings. The quantitative estimate of drug-likeness (QED) is 0.0114. The lowest BCUT2D eigenvalue weighted by molar-refractivity contribution is -0.141. The second kappa shape index (κ2) is 39.7. The fourth-order valence-corrected chi connectivity index (χ4v) is 10.9. The average Bonchev–Trinajstić information content (AvgIpc) is 1.75. The van der Waals surface area contributed by atoms with Crippen LogP contribution >= 0.6 is 11.8 Å². The molecule has 10 amide bonds. The number of aliphatic carboxylic acids is 1. The number of hydrogen-bond acceptors (Lipinski definition) is 18. The van der Waals surface area contributed by atoms with Crippen LogP contribution in [0, 0.1) is 0 Å². The van der Waals surface area contributed by atoms with Crippen LogP contribution in [0.4, 0.5) is 0 Å². The average molecular weight is 1310 g/mol. The van der Waals surface area contributed by atoms with Crippen LogP contribution in [0.1, 0.15) is 136 Å². The molecule has 510 valence electrons. The number of nitrogens with two attached hydrogens (primary N) is 4. The number of carbonyl (C=O) groups excluding carboxylic acids is 10. The molecule has 0 radical (unpaired) electrons. The largest absolute Gasteiger partial charge is 0.494 e. The van der Waals surface area contributed by atoms with Gasteiger partial charge in [-0.2, -0.15) is 0 Å². The summed E-state index contributed by atoms with van der Waals surface area (Å²) in [7, 11) is 0. The van der Waals surface area contributed by atoms with Gasteiger partial charge in [-0.15, -0.1) is 11.8 Å². The summed E-state index contributed by atoms with van der Waals surface area (Å²) in [5.74, 6) is -8.62. The molecular weight excluding hydrogens is 1220 g/mol. The Morgan fingerprint density at radius 3 is 2.09 bits per heavy atom. The van der Waals surface area contributed by atoms with Crippen molar-refractivity contribution in [1.82, 2.24) is 57.7 Å². The maximum absolute atomic E-state index is 14.1. The number of aromatic nitrogens is 1. The SMILES string of the molecule is CC(C)(N)NC(=O)CCCC(=O)NC(CC1=CCC(O)C=C1)C(=O)NCCCCCCNC(CSc1cc(O)n(CCC(=O)NCCCCC2NC(=O)C(CC3=CC=CCC3)NC(=O)C(CC(=O)O)NC(=O)CNC(=O)C(CCCN=C(N)N)NC2=O)c1O)C(N)=O. The smallest absolute Gasteiger partial charge is 0.305 e. The molecule has 1 saturated heterocycles. The number of thioether (sulfide) groups is 1. The molecule has 1 aromatic rings. The lowest BCUT2D eigenvalue weighted by Gasteiger charge is -2.26. The zero-order valence-electron chi connectivity index (χ0n) is 52.4. The van der Waals surface area contributed by atoms with Crippen molar-refractivity contribution in [2.45, 2.75) is 195 Å². The standard InChI is InChI=1S/C60H94N16O15S/c1-60(2,64)75-48(80)19-12-18-47(79)70-41(31-37-20-22-38(77)23-21-37)54(87)67-27-10-4-3-9-25-65-44(52(61)85)35-92-45-33-50(82)76(58(45)91)29-24-46(78)66-26-11-8-16-40-55(88)72-39(17-13-28-68-59(62)63)53(86)69-34-49(81)71-43(32-51(83)84)57(90)74-42(56(89)73-40)30-36-14-6-5-7-15-36/h5-6,14,20-22,33,38-44,65,77,82,91H,3-4,7-13,15-19,23-32,34-35,64H2,1-2H3,(H2,61,85)(H,66,78)(H,67,87)(H,69,86)(H,70,79)(H,71,81)(H,72,88)(H,73,89)(H,74,90)(H,75,80)(H,83,84)(H4,62,63,68). The number of allylic oxidation sites excluding steroid dienone is 4. The number of unbranched alkanes of at least 4 members (excludes halogenated alkanes) is 4. The number of nitrogens with one attached hydrogen (secondary N) is 10. The van der Waals surface area contributed by atoms with E-state index in [4.69, 9.17) is 22.9 Å². The monoisotopic (exact) mass is 1310 g/mol. The van der Waals surface area contributed by atoms with Crippen molar-refractivity contribution in [1.29, 1.82) is 0 Å². The summed E-state index contributed by atoms with van der Waals surface area (Å²) in [6.07, 6.45) is 14.6. The molecule has 1 aromatic heterocycles. The Morgan fingerprint density at radius 2 is 1.42 bits per heavy atom. The number of carboxylic acids is 1. The third kappa shape index (κ3) is 29.6. The molecule has 22 N–H and O–H groups in total. The molecule has 4 rings (SSSR count). The topological polar surface area (TPSA) is 510 Å². The fraction of sp³-hybridized carbons (Fsp3) is 0.600. The number of primary amides is 1. The van der Waals surface area contributed by atoms with E-state index < -0.39 is 108 Å². The van der Waals surface area contributed by atoms with E-state index in [9.17, 15) is 73.2 Å². The van der Waals surface area contributed by atoms with E-state index >= 15 is 0 Å². The predicted octanol–water partition coefficient (Wildman–Crippen LogP) is -1.84. The number of carboxylic acid groups (broad SMARTS) is 1. The van der Waals surface area contributed by atoms with Gasteiger partial charge in [-0.05, 0) is 103 Å². The molecule has 1 aliphatic heterocycles. The molecule has 3 aliphatic rings. The molecule has 0 saturated carbocycles. The van der Waals surface area contributed by atoms with Crippen LogP contribution in [0.15, 0.2) is 63.6 Å². The van der Waals surface area contributed by atoms with E-state index in [2.05, 4.69) is 58.2 Å². The first-order chi connectivity index (χ1) is 43.7. The Morgan fingerprint density at radius 1 is 0.772 bits per heavy atom. The van der Waals surface area contributed by atoms with Gasteiger partial charge in [0.2, 0.25) is 65.0 Å². The van der Waals surface area contributed by atoms with Crippen LogP contribution in [0.25, 0.3) is 0 Å². The predicted molar refractivity (Wildman–Crippen MR) is 341 cm³/mol. The van der Waals surface area contributed by atoms with E-state index in [1.165, 1.54) is 6.07 Å². The first-order valence-corrected chi connectivity index (χ1v) is 32.0. The molecule has 0 bridgehead atoms. The number of aliphatic hydroxyl groups excluding tert-OH is 1. The van der Waals surface area contributed by atoms with Gasteiger partial charge in [0.05, 0.1) is 35.7 Å². The Kier molecular flexibility index (Phi) is 32.8. The zero-order chi connectivity index (χ0) is 67.8. The number of guanidine groups is 1. The van der Waals surface area contributed by atoms with Crippen molar-refractivity contribution in [2.75, 3.05) is 38.5 Å². The maximum atomic E-state index is 14.1. The van der Waals surface area contributed by atoms with Crippen molar-refractivity contribution < 1.29 is 73.2 Å². The third-order valence-electron chi connectivity index (χ3n) is 14.7. The van der Waals surface area contributed by atoms with Crippen molar-refractivity contribution in [3.63, 3.8) is 0 Å². The highest BCUT2D eigenvalue weighted by atomic mass is 32.2. The maximum Gasteiger partial charge on any atom is 0.305 e. The number of nitrogens with zero attached hydrogens (tertiary/aromatic N) is 2. The van der Waals surface area contributed by atoms with Crippen LogP contribution in [-0.2, 0) is 59.3 Å². The minimum Gasteiger partial charge on any atom is -0.494 e. The number of rotatable bonds is 37. The fourth-order valence-electron chi connectivity index (χ4n) is 9.88. The summed E-state index contributed by atoms with van der Waals surface area (Å²) in [4.78, 5) is 148. The Labute approximate surface area is 538 Å². The summed E-state index contributed by atoms with van der Waals surface area (Å²) in [5, 5.41) is 68.0. The minimum absolute atomic E-state index is 0.0126. The number of carbonyl (C=O) groups is 11. The van der Waals surface area contributed by atoms with E-state index in [0.717, 1.165) is 40.3 Å². The first kappa shape index (κ1) is 76.0. The molecule has 32 heteroatoms. The number of aromatic hydroxyl groups is 2. The van der Waals surface area contributed by atoms with Gasteiger partial charge >= 0.3 is 5.97 Å². The number of hydrogen-bond donors (Lipinski definition) is 18. The van der Waals surface area contributed by atoms with E-state index in [0.29, 0.717) is 45.2 Å². The van der Waals surface area contributed by atoms with Gasteiger partial charge < -0.3 is 96.5 Å². The molecule has 2 aliphatic carbocycles. The van der Waals surface area contributed by atoms with Gasteiger partial charge in [-0.3, -0.25) is 62.3 Å². The summed E-state index contributed by atoms with van der Waals surface area (Å²) in [5.41, 5.74) is 23.1. The summed E-state index contributed by atoms with van der Waals surface area (Å²) in [6.45, 7) is 3.41. The van der Waals surface area contributed by atoms with Crippen LogP contribution in [0.2, 0.25) is 0 Å². The number of aliphatic imine (C=N–C) groups is 1. The van der Waals surface area contributed by atoms with Crippen molar-refractivity contribution in [2.24, 2.45) is 27.9 Å². The first-order valence-electron chi connectivity index (χ1n) is 31.0. The molecule has 0 aromatic carbocycles. The highest BCUT2D eigenvalue weighted by Crippen LogP contribution is 2.36. The van der Waals surface area contributed by atoms with Gasteiger partial charge in [-0.25, -0.2) is 0 Å². The summed E-state index contributed by atoms with van der Waals surface area (Å²) < 4.78 is 1.13. The summed E-state index contributed by atoms with van der Waals surface area (Å²) >= 11 is 1.06. The van der Waals surface area contributed by atoms with Gasteiger partial charge in [0.25, 0.3) is 0 Å². The third-order valence-corrected chi connectivity index (χ3v) is 15.8. The van der Waals surface area contributed by atoms with Crippen LogP contribution in [0.3, 0.4) is 0 Å². The lowest BCUT2D eigenvalue weighted by atomic mass is 9.96. The van der Waals surface area contributed by atoms with Gasteiger partial charge in [0, 0.05) is 63.7 Å². The van der Waals surface area contributed by atoms with Crippen LogP contribution in [0.5, 0.6) is 11.8 Å². The molecule has 31 nitrogen and oxygen atoms in total. The van der Waals surface area contributed by atoms with Gasteiger partial charge in [0.15, 0.2) is 11.8 Å². The Bertz CT molecular complexity index is 2880. The molecule has 7 atom stereocenters. The second-order valence-electron chi connectivity index (χ2n) is 23.3. The molecule has 0 spiro atoms. The summed E-state index contributed by atoms with van der Waals surface area (Å²) in [6, 6.07) is -5.92. The highest BCUT2D eigenvalue weighted by Gasteiger charge is 2.34. The van der Waals surface area contributed by atoms with E-state index in [1.54, 1.807) is 38.2 Å². The van der Waals surface area contributed by atoms with Gasteiger partial charge in [-0.1, -0.05) is 54.9 Å². The molecular formula is C60H94N16O15S. The van der Waals surface area contributed by atoms with E-state index in [1.807, 2.05) is 12.2 Å². The second-order valence-corrected chi connectivity index (χ2v) is 24.4. The van der Waals surface area contributed by atoms with Crippen LogP contribution < -0.4 is 76.1 Å². The van der Waals surface area contributed by atoms with Crippen molar-refractivity contribution >= 4 is 82.8 Å². The number of aliphatic hydroxyl groups is 1. The normalized spacial score (nSPS) is 19.6. The Hall–Kier alpha value is -8.49. The molecule has 2 heterocycles. The Balaban J connectivity index is 1.25. The van der Waals surface area contributed by atoms with Gasteiger partial charge in [0.1, 0.15) is 30.2 Å². The van der Waals surface area contributed by atoms with Crippen molar-refractivity contribution in [3.05, 3.63) is 53.7 Å². The molecule has 7 unspecified atom stereocenters. The molecule has 92 heavy (non-hydrogen) atoms. The lowest BCUT2D eigenvalue weighted by Crippen LogP contribution is -2.57. The highest BCUT2D eigenvalue weighted by molar-refractivity contribution is 7.99. The number of amides is 10. The minimum atomic E-state index is -1.64. The van der Waals surface area contributed by atoms with Crippen LogP contribution in [-0.4, -0.2) is 182 Å². The van der Waals surface area contributed by atoms with Crippen molar-refractivity contribution in [3.8, 4) is 11.8 Å².